The van der Waals surface area contributed by atoms with Gasteiger partial charge in [0.2, 0.25) is 0 Å². The van der Waals surface area contributed by atoms with E-state index >= 15 is 0 Å². The Morgan fingerprint density at radius 1 is 0.676 bits per heavy atom. The maximum atomic E-state index is 7.60. The van der Waals surface area contributed by atoms with E-state index in [1.54, 1.807) is 0 Å². The molecule has 2 aliphatic rings. The average Bonchev–Trinajstić information content (AvgIpc) is 3.03. The largest absolute Gasteiger partial charge is 0.118 e. The standard InChI is InChI=1S/C30H36Cl2Si.Zr/c1-17(2)13-23-9-11-27-25(15-23)19(5)21(7)29(27,31)33-30(32)22(8)20(6)26-16-24(14-18(3)4)10-12-28(26)30;/h9-12,15-18H,13-14H2,1-8H3;. The maximum Gasteiger partial charge on any atom is 0.118 e. The first-order chi connectivity index (χ1) is 15.4. The third-order valence-corrected chi connectivity index (χ3v) is 11.0. The molecule has 0 fully saturated rings. The van der Waals surface area contributed by atoms with E-state index in [0.29, 0.717) is 21.4 Å². The number of alkyl halides is 2. The minimum absolute atomic E-state index is 0. The molecule has 0 aromatic heterocycles. The molecule has 0 bridgehead atoms. The van der Waals surface area contributed by atoms with Gasteiger partial charge in [-0.25, -0.2) is 0 Å². The van der Waals surface area contributed by atoms with Crippen LogP contribution in [0, 0.1) is 11.8 Å². The van der Waals surface area contributed by atoms with Gasteiger partial charge in [0.25, 0.3) is 0 Å². The van der Waals surface area contributed by atoms with Crippen molar-refractivity contribution in [3.05, 3.63) is 80.9 Å². The maximum absolute atomic E-state index is 7.60. The van der Waals surface area contributed by atoms with Crippen molar-refractivity contribution in [1.82, 2.24) is 0 Å². The van der Waals surface area contributed by atoms with Crippen LogP contribution in [0.4, 0.5) is 0 Å². The first-order valence-electron chi connectivity index (χ1n) is 12.2. The molecule has 0 spiro atoms. The van der Waals surface area contributed by atoms with Gasteiger partial charge in [-0.1, -0.05) is 64.1 Å². The third kappa shape index (κ3) is 4.67. The SMILES string of the molecule is CC1=C(C)C(Cl)([Si]C2(Cl)C(C)=C(C)c3cc(CC(C)C)ccc32)c2ccc(CC(C)C)cc21.[Zr]. The summed E-state index contributed by atoms with van der Waals surface area (Å²) in [4.78, 5) is 0. The van der Waals surface area contributed by atoms with Crippen molar-refractivity contribution in [2.75, 3.05) is 0 Å². The van der Waals surface area contributed by atoms with Crippen molar-refractivity contribution in [2.24, 2.45) is 11.8 Å². The number of benzene rings is 2. The van der Waals surface area contributed by atoms with E-state index in [1.807, 2.05) is 0 Å². The number of hydrogen-bond acceptors (Lipinski definition) is 0. The van der Waals surface area contributed by atoms with E-state index in [1.165, 1.54) is 55.7 Å². The van der Waals surface area contributed by atoms with Gasteiger partial charge in [-0.3, -0.25) is 0 Å². The van der Waals surface area contributed by atoms with E-state index in [9.17, 15) is 0 Å². The first-order valence-corrected chi connectivity index (χ1v) is 13.9. The van der Waals surface area contributed by atoms with Gasteiger partial charge in [-0.15, -0.1) is 23.2 Å². The molecule has 178 valence electrons. The molecule has 4 heteroatoms. The number of halogens is 2. The Morgan fingerprint density at radius 3 is 1.35 bits per heavy atom. The molecule has 2 aromatic rings. The summed E-state index contributed by atoms with van der Waals surface area (Å²) in [6.07, 6.45) is 2.17. The quantitative estimate of drug-likeness (QED) is 0.234. The van der Waals surface area contributed by atoms with Crippen molar-refractivity contribution >= 4 is 43.9 Å². The van der Waals surface area contributed by atoms with E-state index < -0.39 is 8.99 Å². The van der Waals surface area contributed by atoms with Gasteiger partial charge >= 0.3 is 0 Å². The number of hydrogen-bond donors (Lipinski definition) is 0. The zero-order valence-corrected chi connectivity index (χ0v) is 26.8. The first kappa shape index (κ1) is 28.2. The summed E-state index contributed by atoms with van der Waals surface area (Å²) in [5, 5.41) is 0. The molecule has 2 aromatic carbocycles. The minimum atomic E-state index is -0.572. The Bertz CT molecular complexity index is 1080. The summed E-state index contributed by atoms with van der Waals surface area (Å²) in [6.45, 7) is 17.9. The predicted molar refractivity (Wildman–Crippen MR) is 147 cm³/mol. The average molecular weight is 587 g/mol. The van der Waals surface area contributed by atoms with Crippen LogP contribution in [0.15, 0.2) is 47.5 Å². The van der Waals surface area contributed by atoms with Crippen molar-refractivity contribution in [2.45, 2.75) is 77.2 Å². The van der Waals surface area contributed by atoms with Crippen molar-refractivity contribution < 1.29 is 26.2 Å². The van der Waals surface area contributed by atoms with Crippen LogP contribution in [0.3, 0.4) is 0 Å². The smallest absolute Gasteiger partial charge is 0.114 e. The van der Waals surface area contributed by atoms with E-state index in [0.717, 1.165) is 12.8 Å². The van der Waals surface area contributed by atoms with Crippen molar-refractivity contribution in [1.29, 1.82) is 0 Å². The van der Waals surface area contributed by atoms with Gasteiger partial charge in [0.15, 0.2) is 0 Å². The van der Waals surface area contributed by atoms with Crippen LogP contribution in [-0.4, -0.2) is 9.52 Å². The Morgan fingerprint density at radius 2 is 1.03 bits per heavy atom. The minimum Gasteiger partial charge on any atom is -0.114 e. The second-order valence-electron chi connectivity index (χ2n) is 10.9. The monoisotopic (exact) mass is 584 g/mol. The molecule has 2 unspecified atom stereocenters. The molecule has 0 nitrogen and oxygen atoms in total. The van der Waals surface area contributed by atoms with Crippen LogP contribution in [0.5, 0.6) is 0 Å². The van der Waals surface area contributed by atoms with Gasteiger partial charge in [-0.05, 0) is 108 Å². The van der Waals surface area contributed by atoms with E-state index in [-0.39, 0.29) is 26.2 Å². The van der Waals surface area contributed by atoms with E-state index in [2.05, 4.69) is 91.8 Å². The molecule has 0 heterocycles. The molecule has 34 heavy (non-hydrogen) atoms. The van der Waals surface area contributed by atoms with E-state index in [4.69, 9.17) is 23.2 Å². The molecule has 0 amide bonds. The Hall–Kier alpha value is -0.400. The summed E-state index contributed by atoms with van der Waals surface area (Å²) in [6, 6.07) is 13.8. The zero-order chi connectivity index (χ0) is 24.3. The summed E-state index contributed by atoms with van der Waals surface area (Å²) in [5.74, 6) is 1.27. The summed E-state index contributed by atoms with van der Waals surface area (Å²) in [5.41, 5.74) is 12.9. The fourth-order valence-electron chi connectivity index (χ4n) is 5.49. The van der Waals surface area contributed by atoms with Crippen LogP contribution in [0.2, 0.25) is 0 Å². The van der Waals surface area contributed by atoms with Crippen LogP contribution in [0.1, 0.15) is 88.8 Å². The van der Waals surface area contributed by atoms with Crippen LogP contribution in [-0.2, 0) is 48.0 Å². The molecular weight excluding hydrogens is 551 g/mol. The third-order valence-electron chi connectivity index (χ3n) is 7.51. The van der Waals surface area contributed by atoms with Gasteiger partial charge in [0.05, 0.1) is 8.99 Å². The summed E-state index contributed by atoms with van der Waals surface area (Å²) in [7, 11) is 0.313. The zero-order valence-electron chi connectivity index (χ0n) is 21.8. The fraction of sp³-hybridized carbons (Fsp3) is 0.467. The fourth-order valence-corrected chi connectivity index (χ4v) is 9.02. The second-order valence-corrected chi connectivity index (χ2v) is 14.4. The number of fused-ring (bicyclic) bond motifs is 2. The molecule has 2 aliphatic carbocycles. The van der Waals surface area contributed by atoms with Crippen LogP contribution >= 0.6 is 23.2 Å². The van der Waals surface area contributed by atoms with Crippen molar-refractivity contribution in [3.8, 4) is 0 Å². The molecule has 2 atom stereocenters. The van der Waals surface area contributed by atoms with Crippen LogP contribution in [0.25, 0.3) is 11.1 Å². The predicted octanol–water partition coefficient (Wildman–Crippen LogP) is 8.88. The van der Waals surface area contributed by atoms with Gasteiger partial charge in [-0.2, -0.15) is 0 Å². The Kier molecular flexibility index (Phi) is 8.42. The van der Waals surface area contributed by atoms with Crippen molar-refractivity contribution in [3.63, 3.8) is 0 Å². The molecule has 0 saturated carbocycles. The van der Waals surface area contributed by atoms with Gasteiger partial charge in [0.1, 0.15) is 9.52 Å². The normalized spacial score (nSPS) is 23.6. The Balaban J connectivity index is 0.00000324. The topological polar surface area (TPSA) is 0 Å². The second kappa shape index (κ2) is 10.2. The number of allylic oxidation sites excluding steroid dienone is 4. The van der Waals surface area contributed by atoms with Gasteiger partial charge < -0.3 is 0 Å². The number of rotatable bonds is 6. The molecule has 2 radical (unpaired) electrons. The summed E-state index contributed by atoms with van der Waals surface area (Å²) >= 11 is 15.2. The van der Waals surface area contributed by atoms with Gasteiger partial charge in [0, 0.05) is 26.2 Å². The molecule has 4 rings (SSSR count). The molecule has 0 saturated heterocycles. The molecular formula is C30H36Cl2SiZr. The summed E-state index contributed by atoms with van der Waals surface area (Å²) < 4.78 is -1.14. The Labute approximate surface area is 238 Å². The molecule has 0 N–H and O–H groups in total. The molecule has 0 aliphatic heterocycles. The van der Waals surface area contributed by atoms with Crippen LogP contribution < -0.4 is 0 Å².